The first-order chi connectivity index (χ1) is 8.90. The predicted octanol–water partition coefficient (Wildman–Crippen LogP) is -0.532. The summed E-state index contributed by atoms with van der Waals surface area (Å²) >= 11 is 0. The van der Waals surface area contributed by atoms with Crippen LogP contribution in [0.25, 0.3) is 11.6 Å². The Kier molecular flexibility index (Phi) is 2.87. The van der Waals surface area contributed by atoms with Crippen molar-refractivity contribution in [2.24, 2.45) is 0 Å². The number of aromatic nitrogens is 8. The predicted molar refractivity (Wildman–Crippen MR) is 62.1 cm³/mol. The fraction of sp³-hybridized carbons (Fsp3) is 0.778. The van der Waals surface area contributed by atoms with Crippen molar-refractivity contribution in [1.29, 1.82) is 0 Å². The maximum absolute atomic E-state index is 4.04. The van der Waals surface area contributed by atoms with Crippen LogP contribution in [0.4, 0.5) is 0 Å². The Morgan fingerprint density at radius 3 is 2.44 bits per heavy atom. The van der Waals surface area contributed by atoms with Gasteiger partial charge in [-0.15, -0.1) is 15.0 Å². The van der Waals surface area contributed by atoms with Crippen molar-refractivity contribution in [3.05, 3.63) is 0 Å². The number of tetrazole rings is 2. The molecule has 0 bridgehead atoms. The van der Waals surface area contributed by atoms with Gasteiger partial charge in [0.2, 0.25) is 11.6 Å². The van der Waals surface area contributed by atoms with Gasteiger partial charge in [0.25, 0.3) is 0 Å². The maximum Gasteiger partial charge on any atom is 0.243 e. The summed E-state index contributed by atoms with van der Waals surface area (Å²) in [5.74, 6) is 1.21. The van der Waals surface area contributed by atoms with E-state index in [0.717, 1.165) is 25.9 Å². The quantitative estimate of drug-likeness (QED) is 0.722. The van der Waals surface area contributed by atoms with Gasteiger partial charge in [-0.25, -0.2) is 4.68 Å². The Hall–Kier alpha value is -2.06. The highest BCUT2D eigenvalue weighted by molar-refractivity contribution is 5.41. The first kappa shape index (κ1) is 11.1. The Bertz CT molecular complexity index is 510. The molecule has 0 saturated carbocycles. The number of aryl methyl sites for hydroxylation is 1. The SMILES string of the molecule is CCn1nnnc1-c1nnnn1N1CCCCC1. The van der Waals surface area contributed by atoms with Crippen molar-refractivity contribution >= 4 is 0 Å². The van der Waals surface area contributed by atoms with E-state index < -0.39 is 0 Å². The summed E-state index contributed by atoms with van der Waals surface area (Å²) in [6.07, 6.45) is 3.59. The van der Waals surface area contributed by atoms with Crippen molar-refractivity contribution in [3.63, 3.8) is 0 Å². The fourth-order valence-corrected chi connectivity index (χ4v) is 2.15. The molecule has 0 atom stereocenters. The van der Waals surface area contributed by atoms with Gasteiger partial charge in [0, 0.05) is 19.6 Å². The zero-order valence-electron chi connectivity index (χ0n) is 10.3. The van der Waals surface area contributed by atoms with Crippen molar-refractivity contribution in [1.82, 2.24) is 40.5 Å². The number of hydrogen-bond donors (Lipinski definition) is 0. The van der Waals surface area contributed by atoms with Gasteiger partial charge in [-0.1, -0.05) is 0 Å². The van der Waals surface area contributed by atoms with E-state index in [4.69, 9.17) is 0 Å². The van der Waals surface area contributed by atoms with Crippen LogP contribution >= 0.6 is 0 Å². The molecule has 1 aliphatic rings. The van der Waals surface area contributed by atoms with E-state index in [9.17, 15) is 0 Å². The summed E-state index contributed by atoms with van der Waals surface area (Å²) in [6.45, 7) is 4.60. The van der Waals surface area contributed by atoms with Crippen LogP contribution < -0.4 is 5.01 Å². The molecule has 18 heavy (non-hydrogen) atoms. The number of hydrogen-bond acceptors (Lipinski definition) is 7. The van der Waals surface area contributed by atoms with Gasteiger partial charge in [-0.05, 0) is 47.0 Å². The third-order valence-corrected chi connectivity index (χ3v) is 3.09. The lowest BCUT2D eigenvalue weighted by molar-refractivity contribution is 0.442. The molecule has 2 aromatic heterocycles. The minimum atomic E-state index is 0.601. The summed E-state index contributed by atoms with van der Waals surface area (Å²) in [4.78, 5) is 1.72. The van der Waals surface area contributed by atoms with E-state index >= 15 is 0 Å². The van der Waals surface area contributed by atoms with Crippen LogP contribution in [-0.4, -0.2) is 53.6 Å². The van der Waals surface area contributed by atoms with Gasteiger partial charge in [0.1, 0.15) is 0 Å². The topological polar surface area (TPSA) is 90.4 Å². The van der Waals surface area contributed by atoms with Gasteiger partial charge in [-0.2, -0.15) is 0 Å². The Labute approximate surface area is 104 Å². The molecule has 0 spiro atoms. The van der Waals surface area contributed by atoms with E-state index in [1.807, 2.05) is 6.92 Å². The molecule has 0 unspecified atom stereocenters. The number of nitrogens with zero attached hydrogens (tertiary/aromatic N) is 9. The molecule has 9 heteroatoms. The molecule has 0 N–H and O–H groups in total. The molecule has 1 fully saturated rings. The first-order valence-corrected chi connectivity index (χ1v) is 6.20. The maximum atomic E-state index is 4.04. The third-order valence-electron chi connectivity index (χ3n) is 3.09. The summed E-state index contributed by atoms with van der Waals surface area (Å²) in [7, 11) is 0. The summed E-state index contributed by atoms with van der Waals surface area (Å²) in [6, 6.07) is 0. The highest BCUT2D eigenvalue weighted by Crippen LogP contribution is 2.14. The van der Waals surface area contributed by atoms with Crippen molar-refractivity contribution in [2.45, 2.75) is 32.7 Å². The molecule has 3 heterocycles. The van der Waals surface area contributed by atoms with E-state index in [2.05, 4.69) is 36.1 Å². The van der Waals surface area contributed by atoms with Gasteiger partial charge in [0.15, 0.2) is 0 Å². The average Bonchev–Trinajstić information content (AvgIpc) is 3.07. The minimum Gasteiger partial charge on any atom is -0.293 e. The lowest BCUT2D eigenvalue weighted by Crippen LogP contribution is -2.40. The summed E-state index contributed by atoms with van der Waals surface area (Å²) in [5, 5.41) is 25.5. The van der Waals surface area contributed by atoms with Crippen LogP contribution in [0.15, 0.2) is 0 Å². The highest BCUT2D eigenvalue weighted by Gasteiger charge is 2.21. The normalized spacial score (nSPS) is 16.2. The first-order valence-electron chi connectivity index (χ1n) is 6.20. The molecular formula is C9H15N9. The van der Waals surface area contributed by atoms with Gasteiger partial charge in [-0.3, -0.25) is 5.01 Å². The van der Waals surface area contributed by atoms with Gasteiger partial charge in [0.05, 0.1) is 0 Å². The second-order valence-electron chi connectivity index (χ2n) is 4.22. The van der Waals surface area contributed by atoms with E-state index in [0.29, 0.717) is 18.2 Å². The fourth-order valence-electron chi connectivity index (χ4n) is 2.15. The Balaban J connectivity index is 1.95. The van der Waals surface area contributed by atoms with Crippen molar-refractivity contribution in [3.8, 4) is 11.6 Å². The van der Waals surface area contributed by atoms with Crippen molar-refractivity contribution < 1.29 is 0 Å². The van der Waals surface area contributed by atoms with Crippen LogP contribution in [0.1, 0.15) is 26.2 Å². The molecule has 1 aliphatic heterocycles. The Morgan fingerprint density at radius 1 is 0.944 bits per heavy atom. The molecule has 0 aromatic carbocycles. The number of rotatable bonds is 3. The monoisotopic (exact) mass is 249 g/mol. The average molecular weight is 249 g/mol. The van der Waals surface area contributed by atoms with Crippen molar-refractivity contribution in [2.75, 3.05) is 18.1 Å². The highest BCUT2D eigenvalue weighted by atomic mass is 15.8. The van der Waals surface area contributed by atoms with Crippen LogP contribution in [0.2, 0.25) is 0 Å². The summed E-state index contributed by atoms with van der Waals surface area (Å²) < 4.78 is 1.69. The van der Waals surface area contributed by atoms with E-state index in [-0.39, 0.29) is 0 Å². The number of piperidine rings is 1. The molecule has 1 saturated heterocycles. The molecule has 0 radical (unpaired) electrons. The lowest BCUT2D eigenvalue weighted by Gasteiger charge is -2.27. The van der Waals surface area contributed by atoms with Crippen LogP contribution in [0.5, 0.6) is 0 Å². The molecule has 3 rings (SSSR count). The Morgan fingerprint density at radius 2 is 1.67 bits per heavy atom. The minimum absolute atomic E-state index is 0.601. The summed E-state index contributed by atoms with van der Waals surface area (Å²) in [5.41, 5.74) is 0. The lowest BCUT2D eigenvalue weighted by atomic mass is 10.2. The van der Waals surface area contributed by atoms with Gasteiger partial charge >= 0.3 is 0 Å². The molecule has 2 aromatic rings. The zero-order valence-corrected chi connectivity index (χ0v) is 10.3. The zero-order chi connectivity index (χ0) is 12.4. The van der Waals surface area contributed by atoms with Crippen LogP contribution in [0, 0.1) is 0 Å². The molecule has 96 valence electrons. The largest absolute Gasteiger partial charge is 0.293 e. The molecule has 9 nitrogen and oxygen atoms in total. The van der Waals surface area contributed by atoms with E-state index in [1.165, 1.54) is 6.42 Å². The van der Waals surface area contributed by atoms with Crippen LogP contribution in [0.3, 0.4) is 0 Å². The van der Waals surface area contributed by atoms with Gasteiger partial charge < -0.3 is 0 Å². The molecular weight excluding hydrogens is 234 g/mol. The smallest absolute Gasteiger partial charge is 0.243 e. The van der Waals surface area contributed by atoms with E-state index in [1.54, 1.807) is 9.47 Å². The molecule has 0 amide bonds. The second kappa shape index (κ2) is 4.67. The standard InChI is InChI=1S/C9H15N9/c1-2-17-8(10-12-14-17)9-11-13-15-18(9)16-6-4-3-5-7-16/h2-7H2,1H3. The molecule has 0 aliphatic carbocycles. The third kappa shape index (κ3) is 1.81. The second-order valence-corrected chi connectivity index (χ2v) is 4.22. The van der Waals surface area contributed by atoms with Crippen LogP contribution in [-0.2, 0) is 6.54 Å².